The second kappa shape index (κ2) is 6.30. The third-order valence-corrected chi connectivity index (χ3v) is 1.11. The molecule has 0 atom stereocenters. The number of primary amides is 1. The van der Waals surface area contributed by atoms with E-state index in [2.05, 4.69) is 27.0 Å². The van der Waals surface area contributed by atoms with E-state index < -0.39 is 17.8 Å². The van der Waals surface area contributed by atoms with Crippen LogP contribution in [0.25, 0.3) is 0 Å². The molecule has 15 heavy (non-hydrogen) atoms. The predicted molar refractivity (Wildman–Crippen MR) is 52.7 cm³/mol. The van der Waals surface area contributed by atoms with Crippen LogP contribution in [0.4, 0.5) is 4.79 Å². The number of nitrogens with two attached hydrogens (primary N) is 1. The highest BCUT2D eigenvalue weighted by Crippen LogP contribution is 1.90. The van der Waals surface area contributed by atoms with Crippen LogP contribution in [0.3, 0.4) is 0 Å². The van der Waals surface area contributed by atoms with Gasteiger partial charge in [0.25, 0.3) is 0 Å². The third kappa shape index (κ3) is 5.19. The summed E-state index contributed by atoms with van der Waals surface area (Å²) in [5.74, 6) is -0.886. The first-order valence-electron chi connectivity index (χ1n) is 3.87. The first kappa shape index (κ1) is 12.8. The normalized spacial score (nSPS) is 10.3. The maximum Gasteiger partial charge on any atom is 0.430 e. The Morgan fingerprint density at radius 2 is 2.20 bits per heavy atom. The van der Waals surface area contributed by atoms with Gasteiger partial charge in [0.05, 0.1) is 5.71 Å². The van der Waals surface area contributed by atoms with Gasteiger partial charge >= 0.3 is 12.1 Å². The Kier molecular flexibility index (Phi) is 5.38. The molecular weight excluding hydrogens is 202 g/mol. The Hall–Kier alpha value is -2.18. The van der Waals surface area contributed by atoms with Gasteiger partial charge in [-0.05, 0) is 6.92 Å². The zero-order valence-electron chi connectivity index (χ0n) is 8.15. The number of carbonyl (C=O) groups excluding carboxylic acids is 2. The largest absolute Gasteiger partial charge is 0.457 e. The number of amides is 1. The molecule has 0 unspecified atom stereocenters. The fourth-order valence-corrected chi connectivity index (χ4v) is 0.552. The first-order valence-corrected chi connectivity index (χ1v) is 3.87. The predicted octanol–water partition coefficient (Wildman–Crippen LogP) is 0.207. The summed E-state index contributed by atoms with van der Waals surface area (Å²) in [5.41, 5.74) is 4.01. The highest BCUT2D eigenvalue weighted by atomic mass is 16.7. The molecule has 0 aliphatic carbocycles. The minimum absolute atomic E-state index is 0.0261. The molecule has 82 valence electrons. The molecule has 0 fully saturated rings. The molecule has 7 heteroatoms. The van der Waals surface area contributed by atoms with E-state index in [4.69, 9.17) is 5.41 Å². The zero-order chi connectivity index (χ0) is 11.8. The number of hydrogen-bond donors (Lipinski definition) is 2. The van der Waals surface area contributed by atoms with E-state index in [0.717, 1.165) is 0 Å². The average Bonchev–Trinajstić information content (AvgIpc) is 2.13. The highest BCUT2D eigenvalue weighted by molar-refractivity contribution is 6.64. The fourth-order valence-electron chi connectivity index (χ4n) is 0.552. The van der Waals surface area contributed by atoms with Crippen molar-refractivity contribution >= 4 is 23.5 Å². The molecule has 0 radical (unpaired) electrons. The Bertz CT molecular complexity index is 322. The number of hydrogen-bond acceptors (Lipinski definition) is 6. The van der Waals surface area contributed by atoms with Crippen LogP contribution in [-0.4, -0.2) is 30.1 Å². The van der Waals surface area contributed by atoms with Gasteiger partial charge in [-0.3, -0.25) is 4.84 Å². The average molecular weight is 213 g/mol. The van der Waals surface area contributed by atoms with Crippen LogP contribution < -0.4 is 5.73 Å². The van der Waals surface area contributed by atoms with Gasteiger partial charge in [-0.15, -0.1) is 0 Å². The summed E-state index contributed by atoms with van der Waals surface area (Å²) in [6.07, 6.45) is 0.175. The van der Waals surface area contributed by atoms with E-state index >= 15 is 0 Å². The van der Waals surface area contributed by atoms with Gasteiger partial charge in [0.15, 0.2) is 0 Å². The molecule has 1 amide bonds. The molecule has 0 heterocycles. The molecule has 7 nitrogen and oxygen atoms in total. The van der Waals surface area contributed by atoms with E-state index in [-0.39, 0.29) is 12.3 Å². The van der Waals surface area contributed by atoms with E-state index in [1.54, 1.807) is 0 Å². The van der Waals surface area contributed by atoms with Gasteiger partial charge < -0.3 is 15.9 Å². The number of esters is 1. The van der Waals surface area contributed by atoms with Gasteiger partial charge in [0.2, 0.25) is 5.71 Å². The van der Waals surface area contributed by atoms with Crippen LogP contribution in [0, 0.1) is 5.41 Å². The molecule has 0 rings (SSSR count). The van der Waals surface area contributed by atoms with E-state index in [1.165, 1.54) is 13.0 Å². The summed E-state index contributed by atoms with van der Waals surface area (Å²) in [5, 5.41) is 10.3. The number of rotatable bonds is 5. The molecule has 3 N–H and O–H groups in total. The monoisotopic (exact) mass is 213 g/mol. The summed E-state index contributed by atoms with van der Waals surface area (Å²) < 4.78 is 4.59. The quantitative estimate of drug-likeness (QED) is 0.223. The Labute approximate surface area is 86.0 Å². The van der Waals surface area contributed by atoms with Crippen molar-refractivity contribution in [3.63, 3.8) is 0 Å². The van der Waals surface area contributed by atoms with Crippen LogP contribution in [0.1, 0.15) is 6.92 Å². The number of oxime groups is 1. The van der Waals surface area contributed by atoms with Crippen LogP contribution in [0.5, 0.6) is 0 Å². The first-order chi connectivity index (χ1) is 6.99. The van der Waals surface area contributed by atoms with Crippen LogP contribution in [0.15, 0.2) is 17.8 Å². The van der Waals surface area contributed by atoms with Crippen molar-refractivity contribution in [2.24, 2.45) is 10.9 Å². The lowest BCUT2D eigenvalue weighted by Gasteiger charge is -2.02. The molecular formula is C8H11N3O4. The molecule has 0 aromatic heterocycles. The number of nitrogens with zero attached hydrogens (tertiary/aromatic N) is 1. The second-order valence-electron chi connectivity index (χ2n) is 2.36. The standard InChI is InChI=1S/C8H11N3O4/c1-3-4-14-7(12)6(5(2)9)11-15-8(10)13/h3,9H,1,4H2,2H3,(H2,10,13). The minimum Gasteiger partial charge on any atom is -0.457 e. The molecule has 0 spiro atoms. The van der Waals surface area contributed by atoms with E-state index in [1.807, 2.05) is 0 Å². The topological polar surface area (TPSA) is 115 Å². The molecule has 0 saturated carbocycles. The van der Waals surface area contributed by atoms with Crippen LogP contribution >= 0.6 is 0 Å². The second-order valence-corrected chi connectivity index (χ2v) is 2.36. The number of carbonyl (C=O) groups is 2. The summed E-state index contributed by atoms with van der Waals surface area (Å²) in [6, 6.07) is 0. The summed E-state index contributed by atoms with van der Waals surface area (Å²) >= 11 is 0. The van der Waals surface area contributed by atoms with Crippen molar-refractivity contribution in [2.45, 2.75) is 6.92 Å². The Balaban J connectivity index is 4.58. The highest BCUT2D eigenvalue weighted by Gasteiger charge is 2.16. The lowest BCUT2D eigenvalue weighted by atomic mass is 10.2. The molecule has 0 bridgehead atoms. The van der Waals surface area contributed by atoms with Crippen molar-refractivity contribution in [2.75, 3.05) is 6.61 Å². The van der Waals surface area contributed by atoms with Crippen LogP contribution in [-0.2, 0) is 14.4 Å². The van der Waals surface area contributed by atoms with Gasteiger partial charge in [-0.2, -0.15) is 0 Å². The molecule has 0 aliphatic heterocycles. The van der Waals surface area contributed by atoms with Crippen molar-refractivity contribution < 1.29 is 19.2 Å². The maximum atomic E-state index is 11.2. The van der Waals surface area contributed by atoms with Gasteiger partial charge in [0, 0.05) is 0 Å². The maximum absolute atomic E-state index is 11.2. The van der Waals surface area contributed by atoms with Crippen LogP contribution in [0.2, 0.25) is 0 Å². The number of ether oxygens (including phenoxy) is 1. The Morgan fingerprint density at radius 3 is 2.60 bits per heavy atom. The zero-order valence-corrected chi connectivity index (χ0v) is 8.15. The van der Waals surface area contributed by atoms with Gasteiger partial charge in [-0.1, -0.05) is 17.8 Å². The van der Waals surface area contributed by atoms with Gasteiger partial charge in [0.1, 0.15) is 6.61 Å². The van der Waals surface area contributed by atoms with Crippen molar-refractivity contribution in [1.82, 2.24) is 0 Å². The number of nitrogens with one attached hydrogen (secondary N) is 1. The third-order valence-electron chi connectivity index (χ3n) is 1.11. The van der Waals surface area contributed by atoms with Crippen molar-refractivity contribution in [3.05, 3.63) is 12.7 Å². The fraction of sp³-hybridized carbons (Fsp3) is 0.250. The summed E-state index contributed by atoms with van der Waals surface area (Å²) in [4.78, 5) is 25.4. The van der Waals surface area contributed by atoms with Crippen molar-refractivity contribution in [1.29, 1.82) is 5.41 Å². The molecule has 0 saturated heterocycles. The van der Waals surface area contributed by atoms with Crippen molar-refractivity contribution in [3.8, 4) is 0 Å². The minimum atomic E-state index is -1.18. The molecule has 0 aromatic carbocycles. The smallest absolute Gasteiger partial charge is 0.430 e. The summed E-state index contributed by atoms with van der Waals surface area (Å²) in [6.45, 7) is 4.60. The molecule has 0 aliphatic rings. The lowest BCUT2D eigenvalue weighted by molar-refractivity contribution is -0.134. The lowest BCUT2D eigenvalue weighted by Crippen LogP contribution is -2.25. The van der Waals surface area contributed by atoms with E-state index in [9.17, 15) is 9.59 Å². The Morgan fingerprint density at radius 1 is 1.60 bits per heavy atom. The van der Waals surface area contributed by atoms with Gasteiger partial charge in [-0.25, -0.2) is 9.59 Å². The molecule has 0 aromatic rings. The van der Waals surface area contributed by atoms with E-state index in [0.29, 0.717) is 0 Å². The summed E-state index contributed by atoms with van der Waals surface area (Å²) in [7, 11) is 0. The SMILES string of the molecule is C=CCOC(=O)C(=NOC(N)=O)C(C)=N.